The minimum atomic E-state index is -0.974. The molecule has 0 N–H and O–H groups in total. The first-order valence-corrected chi connectivity index (χ1v) is 7.99. The number of ether oxygens (including phenoxy) is 2. The topological polar surface area (TPSA) is 86.7 Å². The average Bonchev–Trinajstić information content (AvgIpc) is 3.13. The smallest absolute Gasteiger partial charge is 0.341 e. The predicted molar refractivity (Wildman–Crippen MR) is 84.3 cm³/mol. The van der Waals surface area contributed by atoms with E-state index in [0.29, 0.717) is 11.1 Å². The number of hydrogen-bond donors (Lipinski definition) is 0. The van der Waals surface area contributed by atoms with Crippen LogP contribution in [-0.2, 0) is 28.7 Å². The largest absolute Gasteiger partial charge is 0.386 e. The summed E-state index contributed by atoms with van der Waals surface area (Å²) in [7, 11) is 0. The molecule has 2 rings (SSSR count). The van der Waals surface area contributed by atoms with E-state index >= 15 is 0 Å². The molecule has 0 spiro atoms. The first-order valence-electron chi connectivity index (χ1n) is 7.99. The number of allylic oxidation sites excluding steroid dienone is 2. The first kappa shape index (κ1) is 17.8. The van der Waals surface area contributed by atoms with Crippen LogP contribution in [0.5, 0.6) is 0 Å². The maximum Gasteiger partial charge on any atom is 0.341 e. The lowest BCUT2D eigenvalue weighted by molar-refractivity contribution is -0.156. The van der Waals surface area contributed by atoms with Crippen molar-refractivity contribution in [1.82, 2.24) is 0 Å². The van der Waals surface area contributed by atoms with Crippen LogP contribution in [0.25, 0.3) is 0 Å². The van der Waals surface area contributed by atoms with E-state index in [2.05, 4.69) is 9.47 Å². The summed E-state index contributed by atoms with van der Waals surface area (Å²) in [5.74, 6) is -3.25. The molecule has 0 bridgehead atoms. The molecule has 2 aliphatic carbocycles. The van der Waals surface area contributed by atoms with E-state index in [9.17, 15) is 19.2 Å². The van der Waals surface area contributed by atoms with Crippen molar-refractivity contribution >= 4 is 23.9 Å². The molecule has 0 amide bonds. The lowest BCUT2D eigenvalue weighted by Crippen LogP contribution is -2.17. The number of hydrogen-bond acceptors (Lipinski definition) is 6. The Kier molecular flexibility index (Phi) is 5.84. The normalized spacial score (nSPS) is 22.9. The zero-order valence-electron chi connectivity index (χ0n) is 13.7. The van der Waals surface area contributed by atoms with Gasteiger partial charge < -0.3 is 9.47 Å². The fourth-order valence-electron chi connectivity index (χ4n) is 2.76. The number of carbonyl (C=O) groups excluding carboxylic acids is 4. The van der Waals surface area contributed by atoms with Crippen molar-refractivity contribution in [2.75, 3.05) is 0 Å². The Balaban J connectivity index is 1.81. The molecule has 0 saturated carbocycles. The Morgan fingerprint density at radius 3 is 1.50 bits per heavy atom. The third kappa shape index (κ3) is 4.50. The van der Waals surface area contributed by atoms with Crippen LogP contribution in [0.3, 0.4) is 0 Å². The highest BCUT2D eigenvalue weighted by Gasteiger charge is 2.25. The van der Waals surface area contributed by atoms with Crippen LogP contribution in [-0.4, -0.2) is 23.9 Å². The van der Waals surface area contributed by atoms with Crippen LogP contribution in [0.2, 0.25) is 0 Å². The lowest BCUT2D eigenvalue weighted by atomic mass is 10.1. The summed E-state index contributed by atoms with van der Waals surface area (Å²) in [6.07, 6.45) is 8.28. The molecular formula is C18H20O6. The minimum absolute atomic E-state index is 0.0542. The standard InChI is InChI=1S/C18H20O6/c1-11-5-3-7-13(11)17(21)23-15(19)9-10-16(20)24-18(22)14-8-4-6-12(14)2/h7-12H,3-6H2,1-2H3. The third-order valence-electron chi connectivity index (χ3n) is 4.20. The van der Waals surface area contributed by atoms with Gasteiger partial charge in [0.1, 0.15) is 0 Å². The van der Waals surface area contributed by atoms with Gasteiger partial charge in [-0.3, -0.25) is 0 Å². The van der Waals surface area contributed by atoms with E-state index in [1.54, 1.807) is 12.2 Å². The van der Waals surface area contributed by atoms with E-state index in [0.717, 1.165) is 37.8 Å². The van der Waals surface area contributed by atoms with Crippen molar-refractivity contribution in [2.24, 2.45) is 11.8 Å². The monoisotopic (exact) mass is 332 g/mol. The summed E-state index contributed by atoms with van der Waals surface area (Å²) >= 11 is 0. The van der Waals surface area contributed by atoms with E-state index in [1.165, 1.54) is 0 Å². The van der Waals surface area contributed by atoms with Gasteiger partial charge in [0.2, 0.25) is 0 Å². The van der Waals surface area contributed by atoms with E-state index < -0.39 is 23.9 Å². The summed E-state index contributed by atoms with van der Waals surface area (Å²) in [5, 5.41) is 0. The van der Waals surface area contributed by atoms with Gasteiger partial charge in [-0.05, 0) is 37.5 Å². The minimum Gasteiger partial charge on any atom is -0.386 e. The van der Waals surface area contributed by atoms with E-state index in [-0.39, 0.29) is 11.8 Å². The molecule has 2 atom stereocenters. The number of esters is 4. The van der Waals surface area contributed by atoms with Crippen LogP contribution in [0.1, 0.15) is 39.5 Å². The Morgan fingerprint density at radius 2 is 1.21 bits per heavy atom. The summed E-state index contributed by atoms with van der Waals surface area (Å²) in [6, 6.07) is 0. The maximum absolute atomic E-state index is 11.8. The van der Waals surface area contributed by atoms with Crippen molar-refractivity contribution in [2.45, 2.75) is 39.5 Å². The van der Waals surface area contributed by atoms with Gasteiger partial charge in [0, 0.05) is 23.3 Å². The second kappa shape index (κ2) is 7.86. The fourth-order valence-corrected chi connectivity index (χ4v) is 2.76. The molecule has 0 saturated heterocycles. The SMILES string of the molecule is CC1CCC=C1C(=O)OC(=O)C=CC(=O)OC(=O)C1=CCCC1C. The van der Waals surface area contributed by atoms with Crippen LogP contribution >= 0.6 is 0 Å². The summed E-state index contributed by atoms with van der Waals surface area (Å²) < 4.78 is 9.28. The van der Waals surface area contributed by atoms with Crippen LogP contribution in [0.4, 0.5) is 0 Å². The molecule has 0 fully saturated rings. The molecule has 24 heavy (non-hydrogen) atoms. The Morgan fingerprint density at radius 1 is 0.833 bits per heavy atom. The summed E-state index contributed by atoms with van der Waals surface area (Å²) in [4.78, 5) is 46.7. The Hall–Kier alpha value is -2.50. The fraction of sp³-hybridized carbons (Fsp3) is 0.444. The van der Waals surface area contributed by atoms with Gasteiger partial charge in [-0.25, -0.2) is 19.2 Å². The quantitative estimate of drug-likeness (QED) is 0.446. The van der Waals surface area contributed by atoms with Crippen molar-refractivity contribution < 1.29 is 28.7 Å². The summed E-state index contributed by atoms with van der Waals surface area (Å²) in [6.45, 7) is 3.75. The first-order chi connectivity index (χ1) is 11.4. The second-order valence-corrected chi connectivity index (χ2v) is 6.03. The van der Waals surface area contributed by atoms with Crippen LogP contribution in [0.15, 0.2) is 35.5 Å². The molecule has 0 aromatic rings. The average molecular weight is 332 g/mol. The van der Waals surface area contributed by atoms with Gasteiger partial charge in [0.15, 0.2) is 0 Å². The second-order valence-electron chi connectivity index (χ2n) is 6.03. The lowest BCUT2D eigenvalue weighted by Gasteiger charge is -2.07. The van der Waals surface area contributed by atoms with Crippen molar-refractivity contribution in [3.63, 3.8) is 0 Å². The molecule has 6 nitrogen and oxygen atoms in total. The Labute approximate surface area is 140 Å². The van der Waals surface area contributed by atoms with Crippen LogP contribution in [0, 0.1) is 11.8 Å². The number of carbonyl (C=O) groups is 4. The van der Waals surface area contributed by atoms with Crippen molar-refractivity contribution in [3.05, 3.63) is 35.5 Å². The highest BCUT2D eigenvalue weighted by molar-refractivity contribution is 6.04. The molecule has 0 heterocycles. The molecule has 0 aromatic heterocycles. The maximum atomic E-state index is 11.8. The van der Waals surface area contributed by atoms with Crippen molar-refractivity contribution in [3.8, 4) is 0 Å². The molecule has 2 unspecified atom stereocenters. The van der Waals surface area contributed by atoms with Crippen LogP contribution < -0.4 is 0 Å². The van der Waals surface area contributed by atoms with Gasteiger partial charge in [0.25, 0.3) is 0 Å². The van der Waals surface area contributed by atoms with Gasteiger partial charge in [-0.15, -0.1) is 0 Å². The molecule has 2 aliphatic rings. The highest BCUT2D eigenvalue weighted by atomic mass is 16.6. The molecule has 6 heteroatoms. The molecule has 128 valence electrons. The zero-order chi connectivity index (χ0) is 17.7. The van der Waals surface area contributed by atoms with E-state index in [1.807, 2.05) is 13.8 Å². The molecular weight excluding hydrogens is 312 g/mol. The van der Waals surface area contributed by atoms with Gasteiger partial charge >= 0.3 is 23.9 Å². The van der Waals surface area contributed by atoms with Gasteiger partial charge in [-0.2, -0.15) is 0 Å². The van der Waals surface area contributed by atoms with Crippen molar-refractivity contribution in [1.29, 1.82) is 0 Å². The zero-order valence-corrected chi connectivity index (χ0v) is 13.7. The van der Waals surface area contributed by atoms with Gasteiger partial charge in [0.05, 0.1) is 0 Å². The summed E-state index contributed by atoms with van der Waals surface area (Å²) in [5.41, 5.74) is 0.938. The molecule has 0 aliphatic heterocycles. The predicted octanol–water partition coefficient (Wildman–Crippen LogP) is 2.39. The van der Waals surface area contributed by atoms with E-state index in [4.69, 9.17) is 0 Å². The molecule has 0 radical (unpaired) electrons. The van der Waals surface area contributed by atoms with Gasteiger partial charge in [-0.1, -0.05) is 26.0 Å². The molecule has 0 aromatic carbocycles. The Bertz CT molecular complexity index is 596. The third-order valence-corrected chi connectivity index (χ3v) is 4.20. The number of rotatable bonds is 4. The highest BCUT2D eigenvalue weighted by Crippen LogP contribution is 2.26.